The van der Waals surface area contributed by atoms with Crippen LogP contribution in [0.3, 0.4) is 0 Å². The molecule has 0 amide bonds. The quantitative estimate of drug-likeness (QED) is 0.809. The highest BCUT2D eigenvalue weighted by atomic mass is 32.2. The van der Waals surface area contributed by atoms with Crippen LogP contribution in [0.5, 0.6) is 0 Å². The van der Waals surface area contributed by atoms with Crippen molar-refractivity contribution in [2.45, 2.75) is 36.1 Å². The Morgan fingerprint density at radius 2 is 1.71 bits per heavy atom. The molecule has 0 aliphatic carbocycles. The normalized spacial score (nSPS) is 22.6. The Balaban J connectivity index is 1.77. The lowest BCUT2D eigenvalue weighted by Crippen LogP contribution is -2.51. The molecule has 0 unspecified atom stereocenters. The van der Waals surface area contributed by atoms with Crippen LogP contribution in [0.4, 0.5) is 13.2 Å². The van der Waals surface area contributed by atoms with Gasteiger partial charge in [-0.15, -0.1) is 0 Å². The van der Waals surface area contributed by atoms with Crippen LogP contribution in [0, 0.1) is 0 Å². The van der Waals surface area contributed by atoms with Gasteiger partial charge in [0.1, 0.15) is 0 Å². The third kappa shape index (κ3) is 3.44. The zero-order valence-electron chi connectivity index (χ0n) is 12.9. The third-order valence-electron chi connectivity index (χ3n) is 4.30. The summed E-state index contributed by atoms with van der Waals surface area (Å²) >= 11 is 0. The summed E-state index contributed by atoms with van der Waals surface area (Å²) in [6, 6.07) is 3.82. The summed E-state index contributed by atoms with van der Waals surface area (Å²) in [7, 11) is -3.98. The van der Waals surface area contributed by atoms with Gasteiger partial charge in [-0.1, -0.05) is 6.07 Å². The first-order valence-corrected chi connectivity index (χ1v) is 9.12. The molecule has 2 saturated heterocycles. The van der Waals surface area contributed by atoms with Crippen LogP contribution in [0.15, 0.2) is 29.2 Å². The summed E-state index contributed by atoms with van der Waals surface area (Å²) in [6.45, 7) is 1.44. The van der Waals surface area contributed by atoms with E-state index >= 15 is 0 Å². The van der Waals surface area contributed by atoms with Gasteiger partial charge in [0, 0.05) is 25.9 Å². The number of hydrogen-bond donors (Lipinski definition) is 0. The molecule has 1 aromatic carbocycles. The minimum Gasteiger partial charge on any atom is -0.350 e. The fourth-order valence-electron chi connectivity index (χ4n) is 2.95. The van der Waals surface area contributed by atoms with Gasteiger partial charge in [-0.25, -0.2) is 8.42 Å². The van der Waals surface area contributed by atoms with Crippen LogP contribution in [0.25, 0.3) is 0 Å². The van der Waals surface area contributed by atoms with Gasteiger partial charge in [-0.05, 0) is 24.6 Å². The minimum atomic E-state index is -4.58. The molecule has 3 rings (SSSR count). The summed E-state index contributed by atoms with van der Waals surface area (Å²) in [5, 5.41) is 0. The van der Waals surface area contributed by atoms with Crippen LogP contribution >= 0.6 is 0 Å². The van der Waals surface area contributed by atoms with Crippen molar-refractivity contribution < 1.29 is 31.1 Å². The zero-order valence-corrected chi connectivity index (χ0v) is 13.7. The Bertz CT molecular complexity index is 689. The summed E-state index contributed by atoms with van der Waals surface area (Å²) in [6.07, 6.45) is -3.05. The first-order chi connectivity index (χ1) is 11.2. The molecular weight excluding hydrogens is 347 g/mol. The van der Waals surface area contributed by atoms with Crippen molar-refractivity contribution in [3.8, 4) is 0 Å². The number of nitrogens with zero attached hydrogens (tertiary/aromatic N) is 1. The molecule has 5 nitrogen and oxygen atoms in total. The zero-order chi connectivity index (χ0) is 17.4. The molecular formula is C15H18F3NO4S. The smallest absolute Gasteiger partial charge is 0.350 e. The molecule has 0 bridgehead atoms. The van der Waals surface area contributed by atoms with Crippen molar-refractivity contribution in [1.29, 1.82) is 0 Å². The molecule has 0 atom stereocenters. The number of hydrogen-bond acceptors (Lipinski definition) is 4. The highest BCUT2D eigenvalue weighted by molar-refractivity contribution is 7.89. The van der Waals surface area contributed by atoms with E-state index in [-0.39, 0.29) is 18.0 Å². The van der Waals surface area contributed by atoms with E-state index in [1.54, 1.807) is 0 Å². The minimum absolute atomic E-state index is 0.151. The second kappa shape index (κ2) is 6.29. The molecule has 24 heavy (non-hydrogen) atoms. The number of rotatable bonds is 2. The second-order valence-electron chi connectivity index (χ2n) is 5.89. The Labute approximate surface area is 138 Å². The maximum absolute atomic E-state index is 12.8. The predicted octanol–water partition coefficient (Wildman–Crippen LogP) is 2.62. The maximum Gasteiger partial charge on any atom is 0.416 e. The highest BCUT2D eigenvalue weighted by Crippen LogP contribution is 2.34. The first-order valence-electron chi connectivity index (χ1n) is 7.68. The van der Waals surface area contributed by atoms with Gasteiger partial charge in [0.2, 0.25) is 10.0 Å². The van der Waals surface area contributed by atoms with Crippen LogP contribution in [0.2, 0.25) is 0 Å². The number of piperidine rings is 1. The van der Waals surface area contributed by atoms with Gasteiger partial charge in [0.05, 0.1) is 23.7 Å². The van der Waals surface area contributed by atoms with Crippen molar-refractivity contribution >= 4 is 10.0 Å². The monoisotopic (exact) mass is 365 g/mol. The molecule has 2 heterocycles. The van der Waals surface area contributed by atoms with Crippen LogP contribution < -0.4 is 0 Å². The third-order valence-corrected chi connectivity index (χ3v) is 6.20. The van der Waals surface area contributed by atoms with E-state index in [4.69, 9.17) is 9.47 Å². The molecule has 1 spiro atoms. The number of benzene rings is 1. The molecule has 2 aliphatic heterocycles. The largest absolute Gasteiger partial charge is 0.416 e. The molecule has 1 aromatic rings. The fraction of sp³-hybridized carbons (Fsp3) is 0.600. The van der Waals surface area contributed by atoms with Gasteiger partial charge in [-0.2, -0.15) is 17.5 Å². The van der Waals surface area contributed by atoms with Crippen molar-refractivity contribution in [2.24, 2.45) is 0 Å². The first kappa shape index (κ1) is 17.7. The molecule has 2 fully saturated rings. The standard InChI is InChI=1S/C15H18F3NO4S/c16-15(17,18)12-3-1-4-13(11-12)24(20,21)19-7-5-14(6-8-19)22-9-2-10-23-14/h1,3-4,11H,2,5-10H2. The Hall–Kier alpha value is -1.16. The van der Waals surface area contributed by atoms with Crippen LogP contribution in [0.1, 0.15) is 24.8 Å². The predicted molar refractivity (Wildman–Crippen MR) is 78.7 cm³/mol. The van der Waals surface area contributed by atoms with Crippen LogP contribution in [-0.2, 0) is 25.7 Å². The molecule has 0 saturated carbocycles. The summed E-state index contributed by atoms with van der Waals surface area (Å²) in [4.78, 5) is -0.348. The van der Waals surface area contributed by atoms with Crippen molar-refractivity contribution in [3.63, 3.8) is 0 Å². The average Bonchev–Trinajstić information content (AvgIpc) is 2.55. The van der Waals surface area contributed by atoms with Crippen molar-refractivity contribution in [2.75, 3.05) is 26.3 Å². The Morgan fingerprint density at radius 1 is 1.08 bits per heavy atom. The van der Waals surface area contributed by atoms with Gasteiger partial charge in [0.25, 0.3) is 0 Å². The van der Waals surface area contributed by atoms with Gasteiger partial charge >= 0.3 is 6.18 Å². The lowest BCUT2D eigenvalue weighted by atomic mass is 10.0. The second-order valence-corrected chi connectivity index (χ2v) is 7.83. The number of ether oxygens (including phenoxy) is 2. The number of alkyl halides is 3. The van der Waals surface area contributed by atoms with Gasteiger partial charge in [-0.3, -0.25) is 0 Å². The summed E-state index contributed by atoms with van der Waals surface area (Å²) in [5.74, 6) is -0.752. The van der Waals surface area contributed by atoms with Crippen molar-refractivity contribution in [3.05, 3.63) is 29.8 Å². The van der Waals surface area contributed by atoms with E-state index in [0.29, 0.717) is 32.1 Å². The molecule has 134 valence electrons. The highest BCUT2D eigenvalue weighted by Gasteiger charge is 2.42. The molecule has 2 aliphatic rings. The lowest BCUT2D eigenvalue weighted by molar-refractivity contribution is -0.280. The van der Waals surface area contributed by atoms with E-state index in [0.717, 1.165) is 18.6 Å². The topological polar surface area (TPSA) is 55.8 Å². The SMILES string of the molecule is O=S(=O)(c1cccc(C(F)(F)F)c1)N1CCC2(CC1)OCCCO2. The van der Waals surface area contributed by atoms with E-state index in [1.165, 1.54) is 10.4 Å². The molecule has 9 heteroatoms. The fourth-order valence-corrected chi connectivity index (χ4v) is 4.44. The van der Waals surface area contributed by atoms with E-state index in [9.17, 15) is 21.6 Å². The summed E-state index contributed by atoms with van der Waals surface area (Å²) in [5.41, 5.74) is -0.976. The Morgan fingerprint density at radius 3 is 2.29 bits per heavy atom. The van der Waals surface area contributed by atoms with E-state index in [1.807, 2.05) is 0 Å². The molecule has 0 aromatic heterocycles. The molecule has 0 radical (unpaired) electrons. The van der Waals surface area contributed by atoms with E-state index < -0.39 is 27.6 Å². The molecule has 0 N–H and O–H groups in total. The van der Waals surface area contributed by atoms with E-state index in [2.05, 4.69) is 0 Å². The van der Waals surface area contributed by atoms with Crippen LogP contribution in [-0.4, -0.2) is 44.8 Å². The van der Waals surface area contributed by atoms with Gasteiger partial charge in [0.15, 0.2) is 5.79 Å². The maximum atomic E-state index is 12.8. The average molecular weight is 365 g/mol. The summed E-state index contributed by atoms with van der Waals surface area (Å²) < 4.78 is 76.1. The number of halogens is 3. The Kier molecular flexibility index (Phi) is 4.63. The van der Waals surface area contributed by atoms with Gasteiger partial charge < -0.3 is 9.47 Å². The van der Waals surface area contributed by atoms with Crippen molar-refractivity contribution in [1.82, 2.24) is 4.31 Å². The number of sulfonamides is 1. The lowest BCUT2D eigenvalue weighted by Gasteiger charge is -2.42.